The first-order valence-corrected chi connectivity index (χ1v) is 6.42. The highest BCUT2D eigenvalue weighted by Gasteiger charge is 2.16. The van der Waals surface area contributed by atoms with E-state index < -0.39 is 0 Å². The van der Waals surface area contributed by atoms with Crippen LogP contribution in [0.2, 0.25) is 0 Å². The van der Waals surface area contributed by atoms with E-state index in [1.54, 1.807) is 0 Å². The molecule has 3 heteroatoms. The number of aryl methyl sites for hydroxylation is 1. The van der Waals surface area contributed by atoms with Crippen LogP contribution in [-0.4, -0.2) is 32.3 Å². The average molecular weight is 234 g/mol. The predicted octanol–water partition coefficient (Wildman–Crippen LogP) is 2.19. The van der Waals surface area contributed by atoms with E-state index in [9.17, 15) is 0 Å². The maximum absolute atomic E-state index is 5.57. The van der Waals surface area contributed by atoms with Gasteiger partial charge in [-0.05, 0) is 44.5 Å². The van der Waals surface area contributed by atoms with Crippen LogP contribution in [0.25, 0.3) is 0 Å². The van der Waals surface area contributed by atoms with Gasteiger partial charge in [0.05, 0.1) is 6.61 Å². The van der Waals surface area contributed by atoms with E-state index >= 15 is 0 Å². The number of nitrogens with zero attached hydrogens (tertiary/aromatic N) is 1. The number of hydrogen-bond acceptors (Lipinski definition) is 3. The zero-order chi connectivity index (χ0) is 12.3. The predicted molar refractivity (Wildman–Crippen MR) is 72.0 cm³/mol. The molecule has 0 saturated carbocycles. The minimum absolute atomic E-state index is 0.565. The summed E-state index contributed by atoms with van der Waals surface area (Å²) in [5, 5.41) is 3.46. The number of ether oxygens (including phenoxy) is 1. The molecule has 1 atom stereocenters. The zero-order valence-electron chi connectivity index (χ0n) is 11.0. The van der Waals surface area contributed by atoms with Crippen LogP contribution < -0.4 is 15.0 Å². The van der Waals surface area contributed by atoms with Crippen molar-refractivity contribution in [3.63, 3.8) is 0 Å². The molecule has 1 heterocycles. The molecule has 1 saturated heterocycles. The summed E-state index contributed by atoms with van der Waals surface area (Å²) in [7, 11) is 0. The van der Waals surface area contributed by atoms with Gasteiger partial charge in [-0.1, -0.05) is 0 Å². The average Bonchev–Trinajstić information content (AvgIpc) is 2.32. The van der Waals surface area contributed by atoms with Crippen LogP contribution in [0.3, 0.4) is 0 Å². The normalized spacial score (nSPS) is 20.4. The van der Waals surface area contributed by atoms with E-state index in [2.05, 4.69) is 42.3 Å². The lowest BCUT2D eigenvalue weighted by atomic mass is 10.1. The summed E-state index contributed by atoms with van der Waals surface area (Å²) in [4.78, 5) is 2.43. The molecule has 3 nitrogen and oxygen atoms in total. The molecule has 0 amide bonds. The molecule has 0 radical (unpaired) electrons. The van der Waals surface area contributed by atoms with Crippen molar-refractivity contribution in [2.24, 2.45) is 0 Å². The molecule has 1 aliphatic rings. The highest BCUT2D eigenvalue weighted by atomic mass is 16.5. The van der Waals surface area contributed by atoms with Gasteiger partial charge >= 0.3 is 0 Å². The fourth-order valence-electron chi connectivity index (χ4n) is 2.31. The van der Waals surface area contributed by atoms with Crippen molar-refractivity contribution in [2.75, 3.05) is 31.1 Å². The quantitative estimate of drug-likeness (QED) is 0.867. The minimum Gasteiger partial charge on any atom is -0.494 e. The number of nitrogens with one attached hydrogen (secondary N) is 1. The van der Waals surface area contributed by atoms with Crippen molar-refractivity contribution in [3.8, 4) is 5.75 Å². The third-order valence-electron chi connectivity index (χ3n) is 3.19. The van der Waals surface area contributed by atoms with E-state index in [0.717, 1.165) is 32.0 Å². The molecule has 1 fully saturated rings. The van der Waals surface area contributed by atoms with Gasteiger partial charge in [-0.2, -0.15) is 0 Å². The molecule has 2 rings (SSSR count). The Bertz CT molecular complexity index is 378. The second-order valence-electron chi connectivity index (χ2n) is 4.68. The molecule has 0 aromatic heterocycles. The number of anilines is 1. The minimum atomic E-state index is 0.565. The van der Waals surface area contributed by atoms with Crippen molar-refractivity contribution in [2.45, 2.75) is 26.8 Å². The lowest BCUT2D eigenvalue weighted by Gasteiger charge is -2.34. The fraction of sp³-hybridized carbons (Fsp3) is 0.571. The summed E-state index contributed by atoms with van der Waals surface area (Å²) in [6.07, 6.45) is 0. The Morgan fingerprint density at radius 1 is 1.47 bits per heavy atom. The van der Waals surface area contributed by atoms with E-state index in [4.69, 9.17) is 4.74 Å². The van der Waals surface area contributed by atoms with Crippen LogP contribution >= 0.6 is 0 Å². The summed E-state index contributed by atoms with van der Waals surface area (Å²) < 4.78 is 5.57. The molecule has 0 spiro atoms. The van der Waals surface area contributed by atoms with E-state index in [1.807, 2.05) is 6.92 Å². The maximum Gasteiger partial charge on any atom is 0.122 e. The van der Waals surface area contributed by atoms with Gasteiger partial charge in [0, 0.05) is 31.4 Å². The number of rotatable bonds is 3. The van der Waals surface area contributed by atoms with E-state index in [-0.39, 0.29) is 0 Å². The monoisotopic (exact) mass is 234 g/mol. The topological polar surface area (TPSA) is 24.5 Å². The third-order valence-corrected chi connectivity index (χ3v) is 3.19. The highest BCUT2D eigenvalue weighted by molar-refractivity contribution is 5.53. The maximum atomic E-state index is 5.57. The molecular weight excluding hydrogens is 212 g/mol. The van der Waals surface area contributed by atoms with Crippen molar-refractivity contribution in [1.29, 1.82) is 0 Å². The molecule has 0 aliphatic carbocycles. The highest BCUT2D eigenvalue weighted by Crippen LogP contribution is 2.25. The standard InChI is InChI=1S/C14H22N2O/c1-4-17-14-6-5-13(9-11(14)2)16-8-7-15-12(3)10-16/h5-6,9,12,15H,4,7-8,10H2,1-3H3. The Balaban J connectivity index is 2.13. The molecule has 1 unspecified atom stereocenters. The summed E-state index contributed by atoms with van der Waals surface area (Å²) in [6.45, 7) is 10.3. The Hall–Kier alpha value is -1.22. The van der Waals surface area contributed by atoms with Gasteiger partial charge in [-0.25, -0.2) is 0 Å². The Kier molecular flexibility index (Phi) is 3.89. The summed E-state index contributed by atoms with van der Waals surface area (Å²) in [5.41, 5.74) is 2.52. The second-order valence-corrected chi connectivity index (χ2v) is 4.68. The van der Waals surface area contributed by atoms with Crippen LogP contribution in [0.15, 0.2) is 18.2 Å². The van der Waals surface area contributed by atoms with Gasteiger partial charge < -0.3 is 15.0 Å². The molecular formula is C14H22N2O. The molecule has 0 bridgehead atoms. The molecule has 1 N–H and O–H groups in total. The smallest absolute Gasteiger partial charge is 0.122 e. The Morgan fingerprint density at radius 2 is 2.29 bits per heavy atom. The summed E-state index contributed by atoms with van der Waals surface area (Å²) in [5.74, 6) is 0.999. The van der Waals surface area contributed by atoms with E-state index in [0.29, 0.717) is 6.04 Å². The van der Waals surface area contributed by atoms with Crippen molar-refractivity contribution < 1.29 is 4.74 Å². The summed E-state index contributed by atoms with van der Waals surface area (Å²) in [6, 6.07) is 7.04. The van der Waals surface area contributed by atoms with Gasteiger partial charge in [0.2, 0.25) is 0 Å². The van der Waals surface area contributed by atoms with Gasteiger partial charge in [-0.15, -0.1) is 0 Å². The molecule has 94 valence electrons. The first kappa shape index (κ1) is 12.2. The Morgan fingerprint density at radius 3 is 2.94 bits per heavy atom. The van der Waals surface area contributed by atoms with E-state index in [1.165, 1.54) is 11.3 Å². The lowest BCUT2D eigenvalue weighted by molar-refractivity contribution is 0.338. The van der Waals surface area contributed by atoms with Crippen LogP contribution in [0.4, 0.5) is 5.69 Å². The first-order chi connectivity index (χ1) is 8.20. The Labute approximate surface area is 104 Å². The van der Waals surface area contributed by atoms with Gasteiger partial charge in [0.1, 0.15) is 5.75 Å². The van der Waals surface area contributed by atoms with Crippen LogP contribution in [0.1, 0.15) is 19.4 Å². The number of piperazine rings is 1. The number of benzene rings is 1. The molecule has 1 aromatic carbocycles. The number of hydrogen-bond donors (Lipinski definition) is 1. The largest absolute Gasteiger partial charge is 0.494 e. The van der Waals surface area contributed by atoms with Gasteiger partial charge in [0.15, 0.2) is 0 Å². The molecule has 1 aromatic rings. The van der Waals surface area contributed by atoms with Crippen molar-refractivity contribution >= 4 is 5.69 Å². The first-order valence-electron chi connectivity index (χ1n) is 6.42. The van der Waals surface area contributed by atoms with Gasteiger partial charge in [0.25, 0.3) is 0 Å². The van der Waals surface area contributed by atoms with Crippen LogP contribution in [0.5, 0.6) is 5.75 Å². The van der Waals surface area contributed by atoms with Crippen molar-refractivity contribution in [3.05, 3.63) is 23.8 Å². The van der Waals surface area contributed by atoms with Crippen molar-refractivity contribution in [1.82, 2.24) is 5.32 Å². The lowest BCUT2D eigenvalue weighted by Crippen LogP contribution is -2.49. The van der Waals surface area contributed by atoms with Crippen LogP contribution in [0, 0.1) is 6.92 Å². The van der Waals surface area contributed by atoms with Crippen LogP contribution in [-0.2, 0) is 0 Å². The summed E-state index contributed by atoms with van der Waals surface area (Å²) >= 11 is 0. The third kappa shape index (κ3) is 2.91. The second kappa shape index (κ2) is 5.41. The molecule has 1 aliphatic heterocycles. The van der Waals surface area contributed by atoms with Gasteiger partial charge in [-0.3, -0.25) is 0 Å². The zero-order valence-corrected chi connectivity index (χ0v) is 11.0. The molecule has 17 heavy (non-hydrogen) atoms. The fourth-order valence-corrected chi connectivity index (χ4v) is 2.31. The SMILES string of the molecule is CCOc1ccc(N2CCNC(C)C2)cc1C.